The van der Waals surface area contributed by atoms with Crippen molar-refractivity contribution in [2.75, 3.05) is 26.2 Å². The normalized spacial score (nSPS) is 27.5. The molecule has 2 rings (SSSR count). The molecule has 0 bridgehead atoms. The van der Waals surface area contributed by atoms with E-state index in [9.17, 15) is 4.79 Å². The van der Waals surface area contributed by atoms with Crippen LogP contribution >= 0.6 is 12.4 Å². The monoisotopic (exact) mass is 205 g/mol. The van der Waals surface area contributed by atoms with E-state index in [4.69, 9.17) is 0 Å². The Morgan fingerprint density at radius 2 is 2.00 bits per heavy atom. The quantitative estimate of drug-likeness (QED) is 0.548. The number of amides is 1. The smallest absolute Gasteiger partial charge is 0.224 e. The first-order valence-corrected chi connectivity index (χ1v) is 4.58. The molecular weight excluding hydrogens is 190 g/mol. The summed E-state index contributed by atoms with van der Waals surface area (Å²) in [5, 5.41) is 9.33. The zero-order valence-electron chi connectivity index (χ0n) is 7.51. The number of hydrogen-bond donors (Lipinski definition) is 3. The molecule has 0 aromatic rings. The Hall–Kier alpha value is -0.320. The largest absolute Gasteiger partial charge is 0.351 e. The summed E-state index contributed by atoms with van der Waals surface area (Å²) < 4.78 is 0. The van der Waals surface area contributed by atoms with Gasteiger partial charge in [-0.3, -0.25) is 4.79 Å². The maximum Gasteiger partial charge on any atom is 0.224 e. The second-order valence-electron chi connectivity index (χ2n) is 3.55. The molecule has 4 nitrogen and oxygen atoms in total. The van der Waals surface area contributed by atoms with Crippen LogP contribution in [0.3, 0.4) is 0 Å². The fourth-order valence-electron chi connectivity index (χ4n) is 1.59. The second-order valence-corrected chi connectivity index (χ2v) is 3.55. The number of nitrogens with one attached hydrogen (secondary N) is 3. The summed E-state index contributed by atoms with van der Waals surface area (Å²) in [6.45, 7) is 3.71. The molecule has 0 radical (unpaired) electrons. The Kier molecular flexibility index (Phi) is 3.96. The molecule has 76 valence electrons. The van der Waals surface area contributed by atoms with Crippen LogP contribution in [0, 0.1) is 5.92 Å². The van der Waals surface area contributed by atoms with Crippen LogP contribution < -0.4 is 16.0 Å². The van der Waals surface area contributed by atoms with E-state index >= 15 is 0 Å². The molecule has 2 heterocycles. The summed E-state index contributed by atoms with van der Waals surface area (Å²) in [4.78, 5) is 11.5. The van der Waals surface area contributed by atoms with Gasteiger partial charge in [0, 0.05) is 19.6 Å². The van der Waals surface area contributed by atoms with Gasteiger partial charge < -0.3 is 16.0 Å². The Morgan fingerprint density at radius 3 is 2.46 bits per heavy atom. The van der Waals surface area contributed by atoms with Gasteiger partial charge in [-0.2, -0.15) is 0 Å². The third kappa shape index (κ3) is 2.56. The Bertz CT molecular complexity index is 178. The fraction of sp³-hybridized carbons (Fsp3) is 0.875. The third-order valence-corrected chi connectivity index (χ3v) is 2.56. The molecule has 0 spiro atoms. The summed E-state index contributed by atoms with van der Waals surface area (Å²) in [5.41, 5.74) is 0. The van der Waals surface area contributed by atoms with Crippen LogP contribution in [0.25, 0.3) is 0 Å². The standard InChI is InChI=1S/C8H15N3O.ClH/c12-8(6-1-2-9-3-6)11-7-4-10-5-7;/h6-7,9-10H,1-5H2,(H,11,12);1H/t6-;/m1./s1. The van der Waals surface area contributed by atoms with Crippen molar-refractivity contribution < 1.29 is 4.79 Å². The molecule has 0 unspecified atom stereocenters. The van der Waals surface area contributed by atoms with E-state index < -0.39 is 0 Å². The molecule has 0 saturated carbocycles. The lowest BCUT2D eigenvalue weighted by Gasteiger charge is -2.28. The van der Waals surface area contributed by atoms with Crippen LogP contribution in [-0.2, 0) is 4.79 Å². The number of carbonyl (C=O) groups is 1. The van der Waals surface area contributed by atoms with E-state index in [1.165, 1.54) is 0 Å². The first-order valence-electron chi connectivity index (χ1n) is 4.58. The van der Waals surface area contributed by atoms with Gasteiger partial charge >= 0.3 is 0 Å². The average molecular weight is 206 g/mol. The van der Waals surface area contributed by atoms with Crippen molar-refractivity contribution in [3.05, 3.63) is 0 Å². The number of halogens is 1. The van der Waals surface area contributed by atoms with Gasteiger partial charge in [0.1, 0.15) is 0 Å². The van der Waals surface area contributed by atoms with E-state index in [1.54, 1.807) is 0 Å². The lowest BCUT2D eigenvalue weighted by atomic mass is 10.1. The van der Waals surface area contributed by atoms with E-state index in [0.29, 0.717) is 6.04 Å². The van der Waals surface area contributed by atoms with Gasteiger partial charge in [-0.15, -0.1) is 12.4 Å². The van der Waals surface area contributed by atoms with Crippen LogP contribution in [0.2, 0.25) is 0 Å². The van der Waals surface area contributed by atoms with Gasteiger partial charge in [0.2, 0.25) is 5.91 Å². The van der Waals surface area contributed by atoms with Crippen LogP contribution in [0.4, 0.5) is 0 Å². The highest BCUT2D eigenvalue weighted by Crippen LogP contribution is 2.07. The summed E-state index contributed by atoms with van der Waals surface area (Å²) in [7, 11) is 0. The van der Waals surface area contributed by atoms with Crippen LogP contribution in [0.5, 0.6) is 0 Å². The molecule has 13 heavy (non-hydrogen) atoms. The maximum atomic E-state index is 11.5. The average Bonchev–Trinajstić information content (AvgIpc) is 2.47. The van der Waals surface area contributed by atoms with E-state index in [1.807, 2.05) is 0 Å². The van der Waals surface area contributed by atoms with Crippen molar-refractivity contribution in [2.45, 2.75) is 12.5 Å². The Morgan fingerprint density at radius 1 is 1.23 bits per heavy atom. The molecule has 3 N–H and O–H groups in total. The van der Waals surface area contributed by atoms with Gasteiger partial charge in [0.05, 0.1) is 12.0 Å². The van der Waals surface area contributed by atoms with Gasteiger partial charge in [-0.05, 0) is 13.0 Å². The molecule has 2 aliphatic heterocycles. The second kappa shape index (κ2) is 4.79. The first-order chi connectivity index (χ1) is 5.86. The molecule has 1 amide bonds. The topological polar surface area (TPSA) is 53.2 Å². The zero-order valence-corrected chi connectivity index (χ0v) is 8.32. The van der Waals surface area contributed by atoms with Gasteiger partial charge in [0.15, 0.2) is 0 Å². The third-order valence-electron chi connectivity index (χ3n) is 2.56. The molecule has 0 aliphatic carbocycles. The lowest BCUT2D eigenvalue weighted by molar-refractivity contribution is -0.125. The summed E-state index contributed by atoms with van der Waals surface area (Å²) in [5.74, 6) is 0.442. The van der Waals surface area contributed by atoms with Crippen molar-refractivity contribution in [3.8, 4) is 0 Å². The van der Waals surface area contributed by atoms with Gasteiger partial charge in [-0.1, -0.05) is 0 Å². The highest BCUT2D eigenvalue weighted by molar-refractivity contribution is 5.85. The highest BCUT2D eigenvalue weighted by Gasteiger charge is 2.26. The summed E-state index contributed by atoms with van der Waals surface area (Å²) in [6, 6.07) is 0.387. The van der Waals surface area contributed by atoms with Crippen LogP contribution in [-0.4, -0.2) is 38.1 Å². The summed E-state index contributed by atoms with van der Waals surface area (Å²) >= 11 is 0. The molecular formula is C8H16ClN3O. The number of rotatable bonds is 2. The van der Waals surface area contributed by atoms with E-state index in [2.05, 4.69) is 16.0 Å². The van der Waals surface area contributed by atoms with Crippen LogP contribution in [0.1, 0.15) is 6.42 Å². The molecule has 5 heteroatoms. The Labute approximate surface area is 84.2 Å². The minimum atomic E-state index is 0. The van der Waals surface area contributed by atoms with Gasteiger partial charge in [0.25, 0.3) is 0 Å². The van der Waals surface area contributed by atoms with Crippen molar-refractivity contribution in [1.29, 1.82) is 0 Å². The first kappa shape index (κ1) is 10.8. The van der Waals surface area contributed by atoms with E-state index in [-0.39, 0.29) is 24.2 Å². The molecule has 0 aromatic heterocycles. The van der Waals surface area contributed by atoms with Crippen molar-refractivity contribution >= 4 is 18.3 Å². The van der Waals surface area contributed by atoms with Crippen LogP contribution in [0.15, 0.2) is 0 Å². The molecule has 2 aliphatic rings. The zero-order chi connectivity index (χ0) is 8.39. The van der Waals surface area contributed by atoms with Crippen molar-refractivity contribution in [2.24, 2.45) is 5.92 Å². The molecule has 2 saturated heterocycles. The van der Waals surface area contributed by atoms with E-state index in [0.717, 1.165) is 32.6 Å². The minimum absolute atomic E-state index is 0. The minimum Gasteiger partial charge on any atom is -0.351 e. The summed E-state index contributed by atoms with van der Waals surface area (Å²) in [6.07, 6.45) is 0.992. The SMILES string of the molecule is Cl.O=C(NC1CNC1)[C@@H]1CCNC1. The number of carbonyl (C=O) groups excluding carboxylic acids is 1. The predicted molar refractivity (Wildman–Crippen MR) is 53.0 cm³/mol. The fourth-order valence-corrected chi connectivity index (χ4v) is 1.59. The van der Waals surface area contributed by atoms with Crippen molar-refractivity contribution in [3.63, 3.8) is 0 Å². The Balaban J connectivity index is 0.000000845. The lowest BCUT2D eigenvalue weighted by Crippen LogP contribution is -2.58. The van der Waals surface area contributed by atoms with Crippen molar-refractivity contribution in [1.82, 2.24) is 16.0 Å². The molecule has 1 atom stereocenters. The molecule has 0 aromatic carbocycles. The highest BCUT2D eigenvalue weighted by atomic mass is 35.5. The van der Waals surface area contributed by atoms with Gasteiger partial charge in [-0.25, -0.2) is 0 Å². The predicted octanol–water partition coefficient (Wildman–Crippen LogP) is -0.894. The number of hydrogen-bond acceptors (Lipinski definition) is 3. The molecule has 2 fully saturated rings. The maximum absolute atomic E-state index is 11.5.